The van der Waals surface area contributed by atoms with Gasteiger partial charge in [-0.2, -0.15) is 0 Å². The average molecular weight is 286 g/mol. The predicted octanol–water partition coefficient (Wildman–Crippen LogP) is 4.07. The van der Waals surface area contributed by atoms with Gasteiger partial charge in [-0.3, -0.25) is 0 Å². The van der Waals surface area contributed by atoms with Gasteiger partial charge in [-0.1, -0.05) is 17.7 Å². The van der Waals surface area contributed by atoms with Crippen molar-refractivity contribution in [1.82, 2.24) is 5.32 Å². The summed E-state index contributed by atoms with van der Waals surface area (Å²) in [7, 11) is 1.53. The Labute approximate surface area is 114 Å². The molecule has 0 amide bonds. The molecule has 0 spiro atoms. The molecule has 0 aromatic heterocycles. The first-order valence-electron chi connectivity index (χ1n) is 5.60. The molecule has 5 heteroatoms. The van der Waals surface area contributed by atoms with Crippen molar-refractivity contribution in [1.29, 1.82) is 0 Å². The first kappa shape index (κ1) is 13.9. The number of nitrogens with one attached hydrogen (secondary N) is 1. The molecular formula is C14H11ClF3N. The van der Waals surface area contributed by atoms with Crippen LogP contribution >= 0.6 is 11.6 Å². The van der Waals surface area contributed by atoms with Gasteiger partial charge in [-0.15, -0.1) is 0 Å². The molecular weight excluding hydrogens is 275 g/mol. The van der Waals surface area contributed by atoms with E-state index in [1.807, 2.05) is 0 Å². The summed E-state index contributed by atoms with van der Waals surface area (Å²) in [6.45, 7) is 0. The minimum absolute atomic E-state index is 0.183. The number of rotatable bonds is 3. The molecule has 0 fully saturated rings. The smallest absolute Gasteiger partial charge is 0.131 e. The molecule has 1 nitrogen and oxygen atoms in total. The van der Waals surface area contributed by atoms with E-state index in [4.69, 9.17) is 11.6 Å². The van der Waals surface area contributed by atoms with Crippen LogP contribution in [0.2, 0.25) is 5.02 Å². The Morgan fingerprint density at radius 2 is 1.68 bits per heavy atom. The summed E-state index contributed by atoms with van der Waals surface area (Å²) in [4.78, 5) is 0. The third-order valence-electron chi connectivity index (χ3n) is 2.85. The summed E-state index contributed by atoms with van der Waals surface area (Å²) < 4.78 is 40.9. The van der Waals surface area contributed by atoms with Crippen molar-refractivity contribution in [2.45, 2.75) is 6.04 Å². The second-order valence-electron chi connectivity index (χ2n) is 4.02. The van der Waals surface area contributed by atoms with Gasteiger partial charge in [0.25, 0.3) is 0 Å². The van der Waals surface area contributed by atoms with E-state index in [-0.39, 0.29) is 16.1 Å². The van der Waals surface area contributed by atoms with Crippen molar-refractivity contribution in [2.75, 3.05) is 7.05 Å². The zero-order valence-electron chi connectivity index (χ0n) is 10.1. The van der Waals surface area contributed by atoms with Crippen molar-refractivity contribution in [3.05, 3.63) is 70.0 Å². The molecule has 0 saturated carbocycles. The van der Waals surface area contributed by atoms with Crippen LogP contribution < -0.4 is 5.32 Å². The van der Waals surface area contributed by atoms with E-state index < -0.39 is 23.5 Å². The molecule has 0 aliphatic carbocycles. The van der Waals surface area contributed by atoms with Crippen LogP contribution in [0.3, 0.4) is 0 Å². The normalized spacial score (nSPS) is 12.5. The molecule has 100 valence electrons. The standard InChI is InChI=1S/C14H11ClF3N/c1-19-14(9-7-8(16)5-6-10(9)15)13-11(17)3-2-4-12(13)18/h2-7,14,19H,1H3. The zero-order valence-corrected chi connectivity index (χ0v) is 10.8. The molecule has 19 heavy (non-hydrogen) atoms. The van der Waals surface area contributed by atoms with Gasteiger partial charge in [0, 0.05) is 10.6 Å². The topological polar surface area (TPSA) is 12.0 Å². The van der Waals surface area contributed by atoms with Gasteiger partial charge < -0.3 is 5.32 Å². The van der Waals surface area contributed by atoms with E-state index in [0.29, 0.717) is 0 Å². The maximum atomic E-state index is 13.8. The van der Waals surface area contributed by atoms with Crippen molar-refractivity contribution in [3.63, 3.8) is 0 Å². The van der Waals surface area contributed by atoms with Crippen LogP contribution in [0.25, 0.3) is 0 Å². The lowest BCUT2D eigenvalue weighted by molar-refractivity contribution is 0.520. The lowest BCUT2D eigenvalue weighted by Crippen LogP contribution is -2.21. The maximum absolute atomic E-state index is 13.8. The second kappa shape index (κ2) is 5.63. The molecule has 0 heterocycles. The summed E-state index contributed by atoms with van der Waals surface area (Å²) in [5.41, 5.74) is 0.102. The van der Waals surface area contributed by atoms with Gasteiger partial charge in [-0.05, 0) is 42.9 Å². The Bertz CT molecular complexity index is 581. The minimum atomic E-state index is -0.857. The van der Waals surface area contributed by atoms with Gasteiger partial charge in [0.05, 0.1) is 6.04 Å². The van der Waals surface area contributed by atoms with Crippen LogP contribution in [0, 0.1) is 17.5 Å². The van der Waals surface area contributed by atoms with Crippen LogP contribution in [0.4, 0.5) is 13.2 Å². The fourth-order valence-electron chi connectivity index (χ4n) is 1.98. The van der Waals surface area contributed by atoms with Gasteiger partial charge >= 0.3 is 0 Å². The highest BCUT2D eigenvalue weighted by Crippen LogP contribution is 2.31. The molecule has 2 rings (SSSR count). The molecule has 0 radical (unpaired) electrons. The Morgan fingerprint density at radius 1 is 1.05 bits per heavy atom. The van der Waals surface area contributed by atoms with Crippen molar-refractivity contribution in [2.24, 2.45) is 0 Å². The van der Waals surface area contributed by atoms with Gasteiger partial charge in [-0.25, -0.2) is 13.2 Å². The van der Waals surface area contributed by atoms with E-state index in [1.165, 1.54) is 25.2 Å². The van der Waals surface area contributed by atoms with E-state index >= 15 is 0 Å². The number of hydrogen-bond acceptors (Lipinski definition) is 1. The Kier molecular flexibility index (Phi) is 4.12. The van der Waals surface area contributed by atoms with Crippen LogP contribution in [-0.2, 0) is 0 Å². The van der Waals surface area contributed by atoms with Crippen LogP contribution in [0.15, 0.2) is 36.4 Å². The van der Waals surface area contributed by atoms with Crippen molar-refractivity contribution >= 4 is 11.6 Å². The fraction of sp³-hybridized carbons (Fsp3) is 0.143. The molecule has 1 atom stereocenters. The molecule has 0 aliphatic rings. The maximum Gasteiger partial charge on any atom is 0.131 e. The summed E-state index contributed by atoms with van der Waals surface area (Å²) in [5.74, 6) is -1.93. The Hall–Kier alpha value is -1.52. The lowest BCUT2D eigenvalue weighted by atomic mass is 9.97. The summed E-state index contributed by atoms with van der Waals surface area (Å²) in [6, 6.07) is 6.42. The molecule has 1 N–H and O–H groups in total. The molecule has 0 bridgehead atoms. The Morgan fingerprint density at radius 3 is 2.26 bits per heavy atom. The monoisotopic (exact) mass is 285 g/mol. The van der Waals surface area contributed by atoms with Gasteiger partial charge in [0.15, 0.2) is 0 Å². The number of benzene rings is 2. The molecule has 1 unspecified atom stereocenters. The summed E-state index contributed by atoms with van der Waals surface area (Å²) in [5, 5.41) is 2.99. The predicted molar refractivity (Wildman–Crippen MR) is 68.7 cm³/mol. The number of halogens is 4. The lowest BCUT2D eigenvalue weighted by Gasteiger charge is -2.19. The third-order valence-corrected chi connectivity index (χ3v) is 3.19. The zero-order chi connectivity index (χ0) is 14.0. The van der Waals surface area contributed by atoms with Crippen LogP contribution in [0.1, 0.15) is 17.2 Å². The molecule has 2 aromatic carbocycles. The highest BCUT2D eigenvalue weighted by Gasteiger charge is 2.22. The average Bonchev–Trinajstić information content (AvgIpc) is 2.37. The van der Waals surface area contributed by atoms with E-state index in [0.717, 1.165) is 18.2 Å². The summed E-state index contributed by atoms with van der Waals surface area (Å²) in [6.07, 6.45) is 0. The van der Waals surface area contributed by atoms with Crippen molar-refractivity contribution in [3.8, 4) is 0 Å². The minimum Gasteiger partial charge on any atom is -0.309 e. The quantitative estimate of drug-likeness (QED) is 0.896. The third kappa shape index (κ3) is 2.74. The highest BCUT2D eigenvalue weighted by molar-refractivity contribution is 6.31. The summed E-state index contributed by atoms with van der Waals surface area (Å²) >= 11 is 5.97. The van der Waals surface area contributed by atoms with Crippen LogP contribution in [-0.4, -0.2) is 7.05 Å². The largest absolute Gasteiger partial charge is 0.309 e. The first-order valence-corrected chi connectivity index (χ1v) is 5.98. The highest BCUT2D eigenvalue weighted by atomic mass is 35.5. The van der Waals surface area contributed by atoms with Crippen LogP contribution in [0.5, 0.6) is 0 Å². The Balaban J connectivity index is 2.59. The second-order valence-corrected chi connectivity index (χ2v) is 4.43. The van der Waals surface area contributed by atoms with Gasteiger partial charge in [0.2, 0.25) is 0 Å². The fourth-order valence-corrected chi connectivity index (χ4v) is 2.20. The molecule has 0 aliphatic heterocycles. The molecule has 0 saturated heterocycles. The molecule has 2 aromatic rings. The van der Waals surface area contributed by atoms with E-state index in [1.54, 1.807) is 0 Å². The van der Waals surface area contributed by atoms with Gasteiger partial charge in [0.1, 0.15) is 17.5 Å². The van der Waals surface area contributed by atoms with E-state index in [9.17, 15) is 13.2 Å². The first-order chi connectivity index (χ1) is 9.04. The van der Waals surface area contributed by atoms with E-state index in [2.05, 4.69) is 5.32 Å². The van der Waals surface area contributed by atoms with Crippen molar-refractivity contribution < 1.29 is 13.2 Å². The SMILES string of the molecule is CNC(c1cc(F)ccc1Cl)c1c(F)cccc1F. The number of hydrogen-bond donors (Lipinski definition) is 1.